The predicted molar refractivity (Wildman–Crippen MR) is 95.7 cm³/mol. The van der Waals surface area contributed by atoms with Crippen LogP contribution >= 0.6 is 0 Å². The first-order valence-electron chi connectivity index (χ1n) is 7.66. The number of carbonyl (C=O) groups excluding carboxylic acids is 1. The van der Waals surface area contributed by atoms with E-state index < -0.39 is 10.8 Å². The van der Waals surface area contributed by atoms with Gasteiger partial charge in [0.1, 0.15) is 11.3 Å². The van der Waals surface area contributed by atoms with Crippen molar-refractivity contribution < 1.29 is 18.9 Å². The Morgan fingerprint density at radius 2 is 2.04 bits per heavy atom. The molecule has 1 N–H and O–H groups in total. The van der Waals surface area contributed by atoms with Gasteiger partial charge >= 0.3 is 5.91 Å². The SMILES string of the molecule is COc1cccc2oc(C(=O)N/N=C/c3ccccc3[N+](=O)[O-])c(C)c12. The number of methoxy groups -OCH3 is 1. The fourth-order valence-corrected chi connectivity index (χ4v) is 2.63. The Kier molecular flexibility index (Phi) is 4.66. The number of hydrogen-bond donors (Lipinski definition) is 1. The largest absolute Gasteiger partial charge is 0.496 e. The normalized spacial score (nSPS) is 11.0. The molecule has 0 unspecified atom stereocenters. The van der Waals surface area contributed by atoms with Gasteiger partial charge in [-0.3, -0.25) is 14.9 Å². The van der Waals surface area contributed by atoms with E-state index in [-0.39, 0.29) is 17.0 Å². The molecule has 0 saturated heterocycles. The monoisotopic (exact) mass is 353 g/mol. The number of aryl methyl sites for hydroxylation is 1. The van der Waals surface area contributed by atoms with Crippen molar-refractivity contribution in [1.82, 2.24) is 5.43 Å². The van der Waals surface area contributed by atoms with Crippen LogP contribution in [-0.2, 0) is 0 Å². The first-order valence-corrected chi connectivity index (χ1v) is 7.66. The minimum absolute atomic E-state index is 0.101. The number of nitrogens with one attached hydrogen (secondary N) is 1. The molecule has 0 fully saturated rings. The van der Waals surface area contributed by atoms with E-state index in [1.165, 1.54) is 25.5 Å². The third kappa shape index (κ3) is 3.12. The number of nitro benzene ring substituents is 1. The van der Waals surface area contributed by atoms with Gasteiger partial charge in [-0.25, -0.2) is 5.43 Å². The summed E-state index contributed by atoms with van der Waals surface area (Å²) < 4.78 is 10.9. The number of hydrogen-bond acceptors (Lipinski definition) is 6. The van der Waals surface area contributed by atoms with E-state index in [1.807, 2.05) is 0 Å². The topological polar surface area (TPSA) is 107 Å². The van der Waals surface area contributed by atoms with Crippen molar-refractivity contribution in [3.63, 3.8) is 0 Å². The summed E-state index contributed by atoms with van der Waals surface area (Å²) in [5, 5.41) is 15.5. The van der Waals surface area contributed by atoms with Crippen LogP contribution in [0.5, 0.6) is 5.75 Å². The van der Waals surface area contributed by atoms with Crippen LogP contribution in [0.1, 0.15) is 21.7 Å². The number of carbonyl (C=O) groups is 1. The van der Waals surface area contributed by atoms with Gasteiger partial charge in [-0.15, -0.1) is 0 Å². The van der Waals surface area contributed by atoms with E-state index in [2.05, 4.69) is 10.5 Å². The van der Waals surface area contributed by atoms with Gasteiger partial charge in [0, 0.05) is 11.6 Å². The van der Waals surface area contributed by atoms with E-state index >= 15 is 0 Å². The maximum absolute atomic E-state index is 12.4. The molecule has 0 bridgehead atoms. The summed E-state index contributed by atoms with van der Waals surface area (Å²) in [4.78, 5) is 22.8. The lowest BCUT2D eigenvalue weighted by Gasteiger charge is -2.01. The summed E-state index contributed by atoms with van der Waals surface area (Å²) in [7, 11) is 1.54. The summed E-state index contributed by atoms with van der Waals surface area (Å²) in [6, 6.07) is 11.4. The van der Waals surface area contributed by atoms with E-state index in [9.17, 15) is 14.9 Å². The second kappa shape index (κ2) is 7.06. The van der Waals surface area contributed by atoms with Gasteiger partial charge < -0.3 is 9.15 Å². The molecule has 0 aliphatic rings. The fraction of sp³-hybridized carbons (Fsp3) is 0.111. The number of ether oxygens (including phenoxy) is 1. The van der Waals surface area contributed by atoms with Crippen LogP contribution in [0, 0.1) is 17.0 Å². The van der Waals surface area contributed by atoms with Gasteiger partial charge in [0.05, 0.1) is 29.2 Å². The highest BCUT2D eigenvalue weighted by molar-refractivity contribution is 6.01. The standard InChI is InChI=1S/C18H15N3O5/c1-11-16-14(25-2)8-5-9-15(16)26-17(11)18(22)20-19-10-12-6-3-4-7-13(12)21(23)24/h3-10H,1-2H3,(H,20,22)/b19-10+. The minimum atomic E-state index is -0.560. The Morgan fingerprint density at radius 1 is 1.27 bits per heavy atom. The molecule has 0 aliphatic carbocycles. The van der Waals surface area contributed by atoms with Crippen LogP contribution in [0.3, 0.4) is 0 Å². The Labute approximate surface area is 148 Å². The highest BCUT2D eigenvalue weighted by Crippen LogP contribution is 2.32. The van der Waals surface area contributed by atoms with E-state index in [4.69, 9.17) is 9.15 Å². The number of para-hydroxylation sites is 1. The van der Waals surface area contributed by atoms with Crippen molar-refractivity contribution in [2.24, 2.45) is 5.10 Å². The molecule has 1 amide bonds. The van der Waals surface area contributed by atoms with Crippen LogP contribution in [0.15, 0.2) is 52.0 Å². The molecule has 3 rings (SSSR count). The quantitative estimate of drug-likeness (QED) is 0.430. The van der Waals surface area contributed by atoms with Crippen LogP contribution in [-0.4, -0.2) is 24.2 Å². The highest BCUT2D eigenvalue weighted by Gasteiger charge is 2.20. The summed E-state index contributed by atoms with van der Waals surface area (Å²) in [6.07, 6.45) is 1.22. The lowest BCUT2D eigenvalue weighted by atomic mass is 10.1. The number of nitrogens with zero attached hydrogens (tertiary/aromatic N) is 2. The zero-order chi connectivity index (χ0) is 18.7. The number of amides is 1. The van der Waals surface area contributed by atoms with Gasteiger partial charge in [-0.1, -0.05) is 18.2 Å². The lowest BCUT2D eigenvalue weighted by Crippen LogP contribution is -2.17. The van der Waals surface area contributed by atoms with Crippen LogP contribution in [0.25, 0.3) is 11.0 Å². The van der Waals surface area contributed by atoms with E-state index in [0.717, 1.165) is 0 Å². The van der Waals surface area contributed by atoms with Crippen molar-refractivity contribution in [2.45, 2.75) is 6.92 Å². The molecule has 26 heavy (non-hydrogen) atoms. The molecule has 8 heteroatoms. The van der Waals surface area contributed by atoms with Gasteiger partial charge in [0.25, 0.3) is 5.69 Å². The molecule has 0 aliphatic heterocycles. The maximum Gasteiger partial charge on any atom is 0.307 e. The molecule has 3 aromatic rings. The van der Waals surface area contributed by atoms with Crippen LogP contribution in [0.4, 0.5) is 5.69 Å². The molecule has 0 radical (unpaired) electrons. The fourth-order valence-electron chi connectivity index (χ4n) is 2.63. The summed E-state index contributed by atoms with van der Waals surface area (Å²) in [5.41, 5.74) is 3.65. The second-order valence-electron chi connectivity index (χ2n) is 5.40. The number of nitro groups is 1. The average molecular weight is 353 g/mol. The molecule has 132 valence electrons. The number of benzene rings is 2. The summed E-state index contributed by atoms with van der Waals surface area (Å²) in [6.45, 7) is 1.75. The maximum atomic E-state index is 12.4. The zero-order valence-corrected chi connectivity index (χ0v) is 14.1. The average Bonchev–Trinajstić information content (AvgIpc) is 2.99. The molecule has 2 aromatic carbocycles. The minimum Gasteiger partial charge on any atom is -0.496 e. The molecular formula is C18H15N3O5. The summed E-state index contributed by atoms with van der Waals surface area (Å²) >= 11 is 0. The van der Waals surface area contributed by atoms with Gasteiger partial charge in [0.15, 0.2) is 5.76 Å². The van der Waals surface area contributed by atoms with Crippen molar-refractivity contribution in [1.29, 1.82) is 0 Å². The number of fused-ring (bicyclic) bond motifs is 1. The van der Waals surface area contributed by atoms with Crippen molar-refractivity contribution in [2.75, 3.05) is 7.11 Å². The number of furan rings is 1. The molecule has 0 spiro atoms. The Balaban J connectivity index is 1.84. The van der Waals surface area contributed by atoms with E-state index in [0.29, 0.717) is 22.3 Å². The molecule has 8 nitrogen and oxygen atoms in total. The van der Waals surface area contributed by atoms with Crippen molar-refractivity contribution in [3.05, 3.63) is 69.5 Å². The lowest BCUT2D eigenvalue weighted by molar-refractivity contribution is -0.385. The zero-order valence-electron chi connectivity index (χ0n) is 14.1. The van der Waals surface area contributed by atoms with E-state index in [1.54, 1.807) is 37.3 Å². The molecule has 1 aromatic heterocycles. The smallest absolute Gasteiger partial charge is 0.307 e. The molecule has 1 heterocycles. The third-order valence-corrected chi connectivity index (χ3v) is 3.84. The molecule has 0 saturated carbocycles. The first-order chi connectivity index (χ1) is 12.5. The van der Waals surface area contributed by atoms with Gasteiger partial charge in [-0.2, -0.15) is 5.10 Å². The second-order valence-corrected chi connectivity index (χ2v) is 5.40. The molecular weight excluding hydrogens is 338 g/mol. The Morgan fingerprint density at radius 3 is 2.77 bits per heavy atom. The van der Waals surface area contributed by atoms with Crippen LogP contribution in [0.2, 0.25) is 0 Å². The third-order valence-electron chi connectivity index (χ3n) is 3.84. The van der Waals surface area contributed by atoms with Gasteiger partial charge in [-0.05, 0) is 25.1 Å². The van der Waals surface area contributed by atoms with Crippen molar-refractivity contribution >= 4 is 28.8 Å². The van der Waals surface area contributed by atoms with Gasteiger partial charge in [0.2, 0.25) is 0 Å². The molecule has 0 atom stereocenters. The summed E-state index contributed by atoms with van der Waals surface area (Å²) in [5.74, 6) is 0.144. The number of hydrazone groups is 1. The highest BCUT2D eigenvalue weighted by atomic mass is 16.6. The Hall–Kier alpha value is -3.68. The first kappa shape index (κ1) is 17.2. The Bertz CT molecular complexity index is 1020. The van der Waals surface area contributed by atoms with Crippen molar-refractivity contribution in [3.8, 4) is 5.75 Å². The van der Waals surface area contributed by atoms with Crippen LogP contribution < -0.4 is 10.2 Å². The predicted octanol–water partition coefficient (Wildman–Crippen LogP) is 3.42. The number of rotatable bonds is 5.